The lowest BCUT2D eigenvalue weighted by molar-refractivity contribution is -0.129. The van der Waals surface area contributed by atoms with Gasteiger partial charge in [-0.3, -0.25) is 4.79 Å². The third-order valence-corrected chi connectivity index (χ3v) is 5.08. The molecule has 0 bridgehead atoms. The molecule has 1 aliphatic rings. The molecule has 3 heterocycles. The fraction of sp³-hybridized carbons (Fsp3) is 0.667. The number of nitrogens with zero attached hydrogens (tertiary/aromatic N) is 5. The predicted octanol–water partition coefficient (Wildman–Crippen LogP) is 2.21. The Bertz CT molecular complexity index is 817. The maximum atomic E-state index is 15.2. The maximum Gasteiger partial charge on any atom is 0.254 e. The van der Waals surface area contributed by atoms with Crippen LogP contribution < -0.4 is 10.2 Å². The molecule has 1 aliphatic heterocycles. The molecule has 142 valence electrons. The summed E-state index contributed by atoms with van der Waals surface area (Å²) < 4.78 is 16.9. The van der Waals surface area contributed by atoms with Crippen LogP contribution in [0, 0.1) is 19.3 Å². The second kappa shape index (κ2) is 6.48. The number of aromatic nitrogens is 4. The number of hydrogen-bond donors (Lipinski definition) is 1. The van der Waals surface area contributed by atoms with E-state index >= 15 is 4.39 Å². The number of fused-ring (bicyclic) bond motifs is 1. The Morgan fingerprint density at radius 3 is 2.58 bits per heavy atom. The van der Waals surface area contributed by atoms with Crippen LogP contribution in [0.5, 0.6) is 0 Å². The van der Waals surface area contributed by atoms with E-state index in [0.717, 1.165) is 17.1 Å². The molecule has 1 saturated heterocycles. The van der Waals surface area contributed by atoms with Gasteiger partial charge >= 0.3 is 0 Å². The van der Waals surface area contributed by atoms with Crippen molar-refractivity contribution in [3.05, 3.63) is 17.6 Å². The molecule has 0 aromatic carbocycles. The fourth-order valence-electron chi connectivity index (χ4n) is 3.19. The number of amides is 1. The SMILES string of the molecule is Cc1nc2ncnn2c(N2CCC(F)(CNC(=O)C(C)(C)C)CC2)c1C. The summed E-state index contributed by atoms with van der Waals surface area (Å²) in [6.07, 6.45) is 2.19. The van der Waals surface area contributed by atoms with Crippen molar-refractivity contribution in [1.29, 1.82) is 0 Å². The number of anilines is 1. The van der Waals surface area contributed by atoms with E-state index in [-0.39, 0.29) is 12.5 Å². The first-order valence-electron chi connectivity index (χ1n) is 9.00. The van der Waals surface area contributed by atoms with E-state index in [1.54, 1.807) is 4.52 Å². The summed E-state index contributed by atoms with van der Waals surface area (Å²) in [6, 6.07) is 0. The van der Waals surface area contributed by atoms with Crippen LogP contribution in [0.2, 0.25) is 0 Å². The Hall–Kier alpha value is -2.25. The van der Waals surface area contributed by atoms with Gasteiger partial charge in [0.15, 0.2) is 0 Å². The van der Waals surface area contributed by atoms with E-state index in [9.17, 15) is 4.79 Å². The highest BCUT2D eigenvalue weighted by atomic mass is 19.1. The Morgan fingerprint density at radius 1 is 1.31 bits per heavy atom. The largest absolute Gasteiger partial charge is 0.356 e. The minimum Gasteiger partial charge on any atom is -0.356 e. The number of carbonyl (C=O) groups excluding carboxylic acids is 1. The molecule has 26 heavy (non-hydrogen) atoms. The summed E-state index contributed by atoms with van der Waals surface area (Å²) in [6.45, 7) is 10.6. The van der Waals surface area contributed by atoms with Gasteiger partial charge in [-0.05, 0) is 13.8 Å². The minimum absolute atomic E-state index is 0.0596. The van der Waals surface area contributed by atoms with Crippen LogP contribution in [-0.4, -0.2) is 50.8 Å². The first-order valence-corrected chi connectivity index (χ1v) is 9.00. The van der Waals surface area contributed by atoms with Crippen molar-refractivity contribution < 1.29 is 9.18 Å². The number of halogens is 1. The fourth-order valence-corrected chi connectivity index (χ4v) is 3.19. The summed E-state index contributed by atoms with van der Waals surface area (Å²) >= 11 is 0. The predicted molar refractivity (Wildman–Crippen MR) is 98.0 cm³/mol. The highest BCUT2D eigenvalue weighted by molar-refractivity contribution is 5.81. The van der Waals surface area contributed by atoms with Gasteiger partial charge in [-0.2, -0.15) is 14.6 Å². The average Bonchev–Trinajstić information content (AvgIpc) is 3.02. The van der Waals surface area contributed by atoms with Crippen molar-refractivity contribution >= 4 is 17.5 Å². The lowest BCUT2D eigenvalue weighted by Crippen LogP contribution is -2.50. The third-order valence-electron chi connectivity index (χ3n) is 5.08. The van der Waals surface area contributed by atoms with Gasteiger partial charge in [-0.15, -0.1) is 0 Å². The first kappa shape index (κ1) is 18.5. The molecular weight excluding hydrogens is 335 g/mol. The van der Waals surface area contributed by atoms with Gasteiger partial charge in [0.1, 0.15) is 17.8 Å². The molecule has 2 aromatic rings. The van der Waals surface area contributed by atoms with Crippen LogP contribution in [0.1, 0.15) is 44.9 Å². The highest BCUT2D eigenvalue weighted by Crippen LogP contribution is 2.31. The molecule has 0 saturated carbocycles. The summed E-state index contributed by atoms with van der Waals surface area (Å²) in [5.41, 5.74) is 0.0291. The maximum absolute atomic E-state index is 15.2. The Morgan fingerprint density at radius 2 is 1.96 bits per heavy atom. The van der Waals surface area contributed by atoms with Gasteiger partial charge in [0.05, 0.1) is 6.54 Å². The summed E-state index contributed by atoms with van der Waals surface area (Å²) in [4.78, 5) is 22.8. The number of aryl methyl sites for hydroxylation is 1. The zero-order chi connectivity index (χ0) is 19.1. The Labute approximate surface area is 153 Å². The Kier molecular flexibility index (Phi) is 4.62. The number of nitrogens with one attached hydrogen (secondary N) is 1. The quantitative estimate of drug-likeness (QED) is 0.906. The number of hydrogen-bond acceptors (Lipinski definition) is 5. The van der Waals surface area contributed by atoms with E-state index in [4.69, 9.17) is 0 Å². The lowest BCUT2D eigenvalue weighted by atomic mass is 9.91. The zero-order valence-electron chi connectivity index (χ0n) is 16.1. The number of piperidine rings is 1. The molecule has 3 rings (SSSR count). The summed E-state index contributed by atoms with van der Waals surface area (Å²) in [5.74, 6) is 1.35. The second-order valence-electron chi connectivity index (χ2n) is 8.19. The van der Waals surface area contributed by atoms with Gasteiger partial charge in [0.2, 0.25) is 5.91 Å². The van der Waals surface area contributed by atoms with Gasteiger partial charge in [0.25, 0.3) is 5.78 Å². The summed E-state index contributed by atoms with van der Waals surface area (Å²) in [5, 5.41) is 7.03. The van der Waals surface area contributed by atoms with Crippen molar-refractivity contribution in [3.8, 4) is 0 Å². The monoisotopic (exact) mass is 362 g/mol. The van der Waals surface area contributed by atoms with E-state index in [1.165, 1.54) is 6.33 Å². The van der Waals surface area contributed by atoms with Gasteiger partial charge < -0.3 is 10.2 Å². The molecule has 0 spiro atoms. The highest BCUT2D eigenvalue weighted by Gasteiger charge is 2.37. The molecule has 7 nitrogen and oxygen atoms in total. The van der Waals surface area contributed by atoms with E-state index in [1.807, 2.05) is 34.6 Å². The zero-order valence-corrected chi connectivity index (χ0v) is 16.1. The van der Waals surface area contributed by atoms with Crippen molar-refractivity contribution in [1.82, 2.24) is 24.9 Å². The lowest BCUT2D eigenvalue weighted by Gasteiger charge is -2.38. The van der Waals surface area contributed by atoms with Crippen LogP contribution in [0.3, 0.4) is 0 Å². The molecule has 0 unspecified atom stereocenters. The molecule has 0 radical (unpaired) electrons. The van der Waals surface area contributed by atoms with Crippen molar-refractivity contribution in [3.63, 3.8) is 0 Å². The number of rotatable bonds is 3. The van der Waals surface area contributed by atoms with Crippen LogP contribution in [0.4, 0.5) is 10.2 Å². The van der Waals surface area contributed by atoms with E-state index in [0.29, 0.717) is 31.7 Å². The smallest absolute Gasteiger partial charge is 0.254 e. The standard InChI is InChI=1S/C18H27FN6O/c1-12-13(2)23-16-21-11-22-25(16)14(12)24-8-6-18(19,7-9-24)10-20-15(26)17(3,4)5/h11H,6-10H2,1-5H3,(H,20,26). The van der Waals surface area contributed by atoms with E-state index in [2.05, 4.69) is 25.3 Å². The normalized spacial score (nSPS) is 17.5. The van der Waals surface area contributed by atoms with Crippen LogP contribution in [-0.2, 0) is 4.79 Å². The molecule has 0 aliphatic carbocycles. The van der Waals surface area contributed by atoms with Crippen molar-refractivity contribution in [2.75, 3.05) is 24.5 Å². The second-order valence-corrected chi connectivity index (χ2v) is 8.19. The van der Waals surface area contributed by atoms with Gasteiger partial charge in [-0.1, -0.05) is 20.8 Å². The van der Waals surface area contributed by atoms with Gasteiger partial charge in [-0.25, -0.2) is 9.37 Å². The molecule has 2 aromatic heterocycles. The molecule has 0 atom stereocenters. The number of carbonyl (C=O) groups is 1. The molecule has 1 amide bonds. The molecule has 1 fully saturated rings. The van der Waals surface area contributed by atoms with Gasteiger partial charge in [0, 0.05) is 42.6 Å². The third kappa shape index (κ3) is 3.50. The van der Waals surface area contributed by atoms with Crippen LogP contribution in [0.25, 0.3) is 5.78 Å². The van der Waals surface area contributed by atoms with Crippen LogP contribution in [0.15, 0.2) is 6.33 Å². The summed E-state index contributed by atoms with van der Waals surface area (Å²) in [7, 11) is 0. The molecule has 8 heteroatoms. The minimum atomic E-state index is -1.38. The Balaban J connectivity index is 1.72. The topological polar surface area (TPSA) is 75.4 Å². The average molecular weight is 362 g/mol. The van der Waals surface area contributed by atoms with Crippen LogP contribution >= 0.6 is 0 Å². The first-order chi connectivity index (χ1) is 12.1. The van der Waals surface area contributed by atoms with E-state index < -0.39 is 11.1 Å². The van der Waals surface area contributed by atoms with Crippen molar-refractivity contribution in [2.24, 2.45) is 5.41 Å². The molecular formula is C18H27FN6O. The van der Waals surface area contributed by atoms with Crippen molar-refractivity contribution in [2.45, 2.75) is 53.1 Å². The molecule has 1 N–H and O–H groups in total. The number of alkyl halides is 1.